The molecule has 0 heterocycles. The van der Waals surface area contributed by atoms with E-state index in [1.807, 2.05) is 26.0 Å². The lowest BCUT2D eigenvalue weighted by Gasteiger charge is -2.13. The zero-order chi connectivity index (χ0) is 11.4. The van der Waals surface area contributed by atoms with E-state index in [4.69, 9.17) is 11.5 Å². The molecule has 1 unspecified atom stereocenters. The van der Waals surface area contributed by atoms with Gasteiger partial charge in [-0.3, -0.25) is 4.79 Å². The molecular formula is C12H18N2O. The summed E-state index contributed by atoms with van der Waals surface area (Å²) in [6, 6.07) is 6.18. The molecule has 1 aromatic carbocycles. The number of nitrogens with two attached hydrogens (primary N) is 2. The second kappa shape index (κ2) is 4.94. The number of rotatable bonds is 4. The van der Waals surface area contributed by atoms with Crippen molar-refractivity contribution < 1.29 is 4.79 Å². The van der Waals surface area contributed by atoms with E-state index in [0.717, 1.165) is 5.56 Å². The predicted octanol–water partition coefficient (Wildman–Crippen LogP) is 0.906. The minimum absolute atomic E-state index is 0.258. The maximum absolute atomic E-state index is 11.1. The highest BCUT2D eigenvalue weighted by atomic mass is 16.1. The Hall–Kier alpha value is -1.35. The molecule has 1 atom stereocenters. The first-order valence-electron chi connectivity index (χ1n) is 5.10. The summed E-state index contributed by atoms with van der Waals surface area (Å²) in [4.78, 5) is 11.1. The van der Waals surface area contributed by atoms with E-state index < -0.39 is 0 Å². The van der Waals surface area contributed by atoms with Gasteiger partial charge in [0.2, 0.25) is 5.91 Å². The minimum Gasteiger partial charge on any atom is -0.369 e. The van der Waals surface area contributed by atoms with Crippen LogP contribution in [0.5, 0.6) is 0 Å². The van der Waals surface area contributed by atoms with E-state index in [1.165, 1.54) is 11.1 Å². The molecule has 0 saturated carbocycles. The van der Waals surface area contributed by atoms with Crippen molar-refractivity contribution in [2.75, 3.05) is 6.54 Å². The molecule has 15 heavy (non-hydrogen) atoms. The van der Waals surface area contributed by atoms with Gasteiger partial charge in [0.1, 0.15) is 0 Å². The Kier molecular flexibility index (Phi) is 3.86. The number of carbonyl (C=O) groups excluding carboxylic acids is 1. The van der Waals surface area contributed by atoms with Gasteiger partial charge in [-0.1, -0.05) is 23.8 Å². The molecule has 0 aliphatic heterocycles. The Morgan fingerprint density at radius 1 is 1.40 bits per heavy atom. The molecule has 0 fully saturated rings. The molecule has 82 valence electrons. The molecule has 3 nitrogen and oxygen atoms in total. The monoisotopic (exact) mass is 206 g/mol. The normalized spacial score (nSPS) is 12.5. The lowest BCUT2D eigenvalue weighted by atomic mass is 9.95. The first-order chi connectivity index (χ1) is 7.04. The first-order valence-corrected chi connectivity index (χ1v) is 5.10. The maximum atomic E-state index is 11.1. The molecule has 3 heteroatoms. The Bertz CT molecular complexity index is 361. The molecule has 1 aromatic rings. The summed E-state index contributed by atoms with van der Waals surface area (Å²) in [7, 11) is 0. The average molecular weight is 206 g/mol. The first kappa shape index (κ1) is 11.7. The van der Waals surface area contributed by atoms with E-state index in [-0.39, 0.29) is 11.8 Å². The molecule has 0 saturated heterocycles. The van der Waals surface area contributed by atoms with E-state index in [9.17, 15) is 4.79 Å². The fraction of sp³-hybridized carbons (Fsp3) is 0.417. The van der Waals surface area contributed by atoms with Gasteiger partial charge < -0.3 is 11.5 Å². The summed E-state index contributed by atoms with van der Waals surface area (Å²) in [6.45, 7) is 4.39. The van der Waals surface area contributed by atoms with Crippen LogP contribution >= 0.6 is 0 Å². The molecule has 0 aliphatic rings. The van der Waals surface area contributed by atoms with Crippen LogP contribution in [-0.4, -0.2) is 12.5 Å². The van der Waals surface area contributed by atoms with Crippen molar-refractivity contribution in [2.24, 2.45) is 17.4 Å². The lowest BCUT2D eigenvalue weighted by Crippen LogP contribution is -2.31. The van der Waals surface area contributed by atoms with Crippen LogP contribution in [0.1, 0.15) is 16.7 Å². The Balaban J connectivity index is 2.84. The van der Waals surface area contributed by atoms with E-state index >= 15 is 0 Å². The third-order valence-corrected chi connectivity index (χ3v) is 2.65. The molecular weight excluding hydrogens is 188 g/mol. The topological polar surface area (TPSA) is 69.1 Å². The third kappa shape index (κ3) is 3.06. The van der Waals surface area contributed by atoms with Crippen LogP contribution in [-0.2, 0) is 11.2 Å². The van der Waals surface area contributed by atoms with Crippen molar-refractivity contribution in [1.29, 1.82) is 0 Å². The van der Waals surface area contributed by atoms with Crippen molar-refractivity contribution in [3.8, 4) is 0 Å². The Morgan fingerprint density at radius 2 is 2.07 bits per heavy atom. The minimum atomic E-state index is -0.322. The summed E-state index contributed by atoms with van der Waals surface area (Å²) in [5.74, 6) is -0.580. The molecule has 4 N–H and O–H groups in total. The molecule has 0 radical (unpaired) electrons. The molecule has 0 bridgehead atoms. The number of benzene rings is 1. The second-order valence-electron chi connectivity index (χ2n) is 3.97. The van der Waals surface area contributed by atoms with Gasteiger partial charge in [0.15, 0.2) is 0 Å². The summed E-state index contributed by atoms with van der Waals surface area (Å²) in [6.07, 6.45) is 0.637. The van der Waals surface area contributed by atoms with Gasteiger partial charge in [0.05, 0.1) is 5.92 Å². The number of hydrogen-bond acceptors (Lipinski definition) is 2. The standard InChI is InChI=1S/C12H18N2O/c1-8-3-4-10(9(2)5-8)6-11(7-13)12(14)15/h3-5,11H,6-7,13H2,1-2H3,(H2,14,15). The smallest absolute Gasteiger partial charge is 0.222 e. The predicted molar refractivity (Wildman–Crippen MR) is 61.4 cm³/mol. The van der Waals surface area contributed by atoms with Crippen molar-refractivity contribution in [3.63, 3.8) is 0 Å². The third-order valence-electron chi connectivity index (χ3n) is 2.65. The Labute approximate surface area is 90.5 Å². The van der Waals surface area contributed by atoms with Crippen LogP contribution in [0.4, 0.5) is 0 Å². The molecule has 1 amide bonds. The maximum Gasteiger partial charge on any atom is 0.222 e. The van der Waals surface area contributed by atoms with Crippen molar-refractivity contribution in [1.82, 2.24) is 0 Å². The van der Waals surface area contributed by atoms with E-state index in [1.54, 1.807) is 0 Å². The van der Waals surface area contributed by atoms with Crippen LogP contribution in [0.15, 0.2) is 18.2 Å². The molecule has 0 aliphatic carbocycles. The number of primary amides is 1. The summed E-state index contributed by atoms with van der Waals surface area (Å²) >= 11 is 0. The second-order valence-corrected chi connectivity index (χ2v) is 3.97. The van der Waals surface area contributed by atoms with Crippen LogP contribution < -0.4 is 11.5 Å². The molecule has 0 spiro atoms. The molecule has 1 rings (SSSR count). The Morgan fingerprint density at radius 3 is 2.53 bits per heavy atom. The van der Waals surface area contributed by atoms with Crippen LogP contribution in [0.25, 0.3) is 0 Å². The summed E-state index contributed by atoms with van der Waals surface area (Å²) < 4.78 is 0. The highest BCUT2D eigenvalue weighted by molar-refractivity contribution is 5.77. The van der Waals surface area contributed by atoms with Crippen LogP contribution in [0, 0.1) is 19.8 Å². The number of carbonyl (C=O) groups is 1. The van der Waals surface area contributed by atoms with Crippen LogP contribution in [0.3, 0.4) is 0 Å². The van der Waals surface area contributed by atoms with E-state index in [2.05, 4.69) is 6.07 Å². The van der Waals surface area contributed by atoms with Gasteiger partial charge >= 0.3 is 0 Å². The number of amides is 1. The average Bonchev–Trinajstić information content (AvgIpc) is 2.16. The van der Waals surface area contributed by atoms with E-state index in [0.29, 0.717) is 13.0 Å². The van der Waals surface area contributed by atoms with Crippen molar-refractivity contribution in [3.05, 3.63) is 34.9 Å². The van der Waals surface area contributed by atoms with Gasteiger partial charge in [-0.25, -0.2) is 0 Å². The van der Waals surface area contributed by atoms with Gasteiger partial charge in [0.25, 0.3) is 0 Å². The summed E-state index contributed by atoms with van der Waals surface area (Å²) in [5.41, 5.74) is 14.3. The molecule has 0 aromatic heterocycles. The largest absolute Gasteiger partial charge is 0.369 e. The van der Waals surface area contributed by atoms with Gasteiger partial charge in [-0.05, 0) is 31.4 Å². The van der Waals surface area contributed by atoms with Gasteiger partial charge in [-0.2, -0.15) is 0 Å². The summed E-state index contributed by atoms with van der Waals surface area (Å²) in [5, 5.41) is 0. The SMILES string of the molecule is Cc1ccc(CC(CN)C(N)=O)c(C)c1. The fourth-order valence-electron chi connectivity index (χ4n) is 1.64. The number of hydrogen-bond donors (Lipinski definition) is 2. The lowest BCUT2D eigenvalue weighted by molar-refractivity contribution is -0.121. The highest BCUT2D eigenvalue weighted by Gasteiger charge is 2.14. The fourth-order valence-corrected chi connectivity index (χ4v) is 1.64. The highest BCUT2D eigenvalue weighted by Crippen LogP contribution is 2.14. The quantitative estimate of drug-likeness (QED) is 0.768. The van der Waals surface area contributed by atoms with Crippen LogP contribution in [0.2, 0.25) is 0 Å². The number of aryl methyl sites for hydroxylation is 2. The zero-order valence-corrected chi connectivity index (χ0v) is 9.29. The zero-order valence-electron chi connectivity index (χ0n) is 9.29. The van der Waals surface area contributed by atoms with Crippen molar-refractivity contribution in [2.45, 2.75) is 20.3 Å². The van der Waals surface area contributed by atoms with Gasteiger partial charge in [0, 0.05) is 6.54 Å². The van der Waals surface area contributed by atoms with Crippen molar-refractivity contribution >= 4 is 5.91 Å². The van der Waals surface area contributed by atoms with Gasteiger partial charge in [-0.15, -0.1) is 0 Å².